The molecule has 0 unspecified atom stereocenters. The Morgan fingerprint density at radius 3 is 2.41 bits per heavy atom. The third kappa shape index (κ3) is 3.69. The van der Waals surface area contributed by atoms with E-state index in [9.17, 15) is 14.9 Å². The van der Waals surface area contributed by atoms with E-state index in [0.717, 1.165) is 0 Å². The highest BCUT2D eigenvalue weighted by atomic mass is 16.6. The minimum absolute atomic E-state index is 0.0811. The highest BCUT2D eigenvalue weighted by Gasteiger charge is 2.18. The molecule has 0 aliphatic carbocycles. The molecule has 0 aromatic heterocycles. The highest BCUT2D eigenvalue weighted by Crippen LogP contribution is 2.27. The lowest BCUT2D eigenvalue weighted by molar-refractivity contribution is -0.384. The number of hydrogen-bond acceptors (Lipinski definition) is 4. The number of anilines is 1. The fraction of sp³-hybridized carbons (Fsp3) is 0.235. The Kier molecular flexibility index (Phi) is 4.88. The van der Waals surface area contributed by atoms with Crippen molar-refractivity contribution in [2.24, 2.45) is 5.92 Å². The van der Waals surface area contributed by atoms with Gasteiger partial charge in [-0.15, -0.1) is 0 Å². The van der Waals surface area contributed by atoms with Crippen molar-refractivity contribution < 1.29 is 9.72 Å². The van der Waals surface area contributed by atoms with E-state index in [2.05, 4.69) is 5.32 Å². The lowest BCUT2D eigenvalue weighted by atomic mass is 10.0. The van der Waals surface area contributed by atoms with Gasteiger partial charge in [0.1, 0.15) is 5.69 Å². The van der Waals surface area contributed by atoms with Crippen LogP contribution >= 0.6 is 0 Å². The number of nitrogens with zero attached hydrogens (tertiary/aromatic N) is 1. The van der Waals surface area contributed by atoms with Crippen molar-refractivity contribution >= 4 is 17.2 Å². The number of nitro groups is 1. The predicted octanol–water partition coefficient (Wildman–Crippen LogP) is 3.89. The van der Waals surface area contributed by atoms with E-state index in [0.29, 0.717) is 29.3 Å². The molecule has 5 nitrogen and oxygen atoms in total. The predicted molar refractivity (Wildman–Crippen MR) is 86.3 cm³/mol. The Hall–Kier alpha value is -2.69. The summed E-state index contributed by atoms with van der Waals surface area (Å²) in [6, 6.07) is 13.3. The first-order valence-electron chi connectivity index (χ1n) is 7.11. The van der Waals surface area contributed by atoms with E-state index >= 15 is 0 Å². The highest BCUT2D eigenvalue weighted by molar-refractivity contribution is 6.09. The summed E-state index contributed by atoms with van der Waals surface area (Å²) in [5.41, 5.74) is 1.18. The topological polar surface area (TPSA) is 72.2 Å². The van der Waals surface area contributed by atoms with Gasteiger partial charge in [-0.05, 0) is 18.1 Å². The van der Waals surface area contributed by atoms with Gasteiger partial charge in [0.2, 0.25) is 0 Å². The molecule has 2 rings (SSSR count). The summed E-state index contributed by atoms with van der Waals surface area (Å²) >= 11 is 0. The zero-order chi connectivity index (χ0) is 16.1. The minimum atomic E-state index is -0.468. The van der Waals surface area contributed by atoms with Crippen LogP contribution in [0.3, 0.4) is 0 Å². The summed E-state index contributed by atoms with van der Waals surface area (Å²) < 4.78 is 0. The number of carbonyl (C=O) groups is 1. The molecular formula is C17H18N2O3. The molecule has 0 spiro atoms. The SMILES string of the molecule is CC(C)CNc1ccc(C(=O)c2ccccc2)cc1[N+](=O)[O-]. The quantitative estimate of drug-likeness (QED) is 0.499. The fourth-order valence-corrected chi connectivity index (χ4v) is 2.04. The standard InChI is InChI=1S/C17H18N2O3/c1-12(2)11-18-15-9-8-14(10-16(15)19(21)22)17(20)13-6-4-3-5-7-13/h3-10,12,18H,11H2,1-2H3. The third-order valence-corrected chi connectivity index (χ3v) is 3.19. The van der Waals surface area contributed by atoms with Crippen molar-refractivity contribution in [3.63, 3.8) is 0 Å². The summed E-state index contributed by atoms with van der Waals surface area (Å²) in [7, 11) is 0. The maximum atomic E-state index is 12.4. The molecule has 0 radical (unpaired) electrons. The lowest BCUT2D eigenvalue weighted by Crippen LogP contribution is -2.10. The molecule has 1 N–H and O–H groups in total. The molecule has 0 aliphatic heterocycles. The van der Waals surface area contributed by atoms with E-state index < -0.39 is 4.92 Å². The first-order valence-corrected chi connectivity index (χ1v) is 7.11. The summed E-state index contributed by atoms with van der Waals surface area (Å²) in [5.74, 6) is 0.143. The summed E-state index contributed by atoms with van der Waals surface area (Å²) in [4.78, 5) is 23.1. The van der Waals surface area contributed by atoms with Crippen LogP contribution in [0.15, 0.2) is 48.5 Å². The van der Waals surface area contributed by atoms with Crippen LogP contribution in [0.4, 0.5) is 11.4 Å². The van der Waals surface area contributed by atoms with Gasteiger partial charge >= 0.3 is 0 Å². The molecule has 0 bridgehead atoms. The second-order valence-corrected chi connectivity index (χ2v) is 5.46. The van der Waals surface area contributed by atoms with Crippen molar-refractivity contribution in [2.75, 3.05) is 11.9 Å². The number of carbonyl (C=O) groups excluding carboxylic acids is 1. The van der Waals surface area contributed by atoms with Gasteiger partial charge in [-0.3, -0.25) is 14.9 Å². The number of hydrogen-bond donors (Lipinski definition) is 1. The smallest absolute Gasteiger partial charge is 0.293 e. The summed E-state index contributed by atoms with van der Waals surface area (Å²) in [6.45, 7) is 4.67. The number of benzene rings is 2. The van der Waals surface area contributed by atoms with Crippen LogP contribution in [-0.2, 0) is 0 Å². The Morgan fingerprint density at radius 1 is 1.14 bits per heavy atom. The van der Waals surface area contributed by atoms with Crippen LogP contribution in [-0.4, -0.2) is 17.3 Å². The van der Waals surface area contributed by atoms with Crippen LogP contribution in [0.5, 0.6) is 0 Å². The van der Waals surface area contributed by atoms with Crippen molar-refractivity contribution in [1.29, 1.82) is 0 Å². The molecule has 0 saturated carbocycles. The van der Waals surface area contributed by atoms with Crippen LogP contribution < -0.4 is 5.32 Å². The zero-order valence-electron chi connectivity index (χ0n) is 12.6. The molecule has 22 heavy (non-hydrogen) atoms. The first-order chi connectivity index (χ1) is 10.5. The Balaban J connectivity index is 2.33. The molecule has 0 aliphatic rings. The van der Waals surface area contributed by atoms with E-state index in [4.69, 9.17) is 0 Å². The monoisotopic (exact) mass is 298 g/mol. The molecular weight excluding hydrogens is 280 g/mol. The molecule has 0 amide bonds. The second kappa shape index (κ2) is 6.85. The molecule has 0 heterocycles. The summed E-state index contributed by atoms with van der Waals surface area (Å²) in [5, 5.41) is 14.3. The van der Waals surface area contributed by atoms with Crippen molar-refractivity contribution in [3.05, 3.63) is 69.8 Å². The summed E-state index contributed by atoms with van der Waals surface area (Å²) in [6.07, 6.45) is 0. The van der Waals surface area contributed by atoms with E-state index in [1.54, 1.807) is 36.4 Å². The molecule has 2 aromatic carbocycles. The maximum absolute atomic E-state index is 12.4. The van der Waals surface area contributed by atoms with E-state index in [1.807, 2.05) is 19.9 Å². The molecule has 5 heteroatoms. The number of ketones is 1. The van der Waals surface area contributed by atoms with Gasteiger partial charge in [-0.25, -0.2) is 0 Å². The minimum Gasteiger partial charge on any atom is -0.379 e. The maximum Gasteiger partial charge on any atom is 0.293 e. The van der Waals surface area contributed by atoms with Gasteiger partial charge in [0.05, 0.1) is 4.92 Å². The van der Waals surface area contributed by atoms with Gasteiger partial charge in [0.15, 0.2) is 5.78 Å². The lowest BCUT2D eigenvalue weighted by Gasteiger charge is -2.10. The van der Waals surface area contributed by atoms with Crippen molar-refractivity contribution in [2.45, 2.75) is 13.8 Å². The largest absolute Gasteiger partial charge is 0.379 e. The average Bonchev–Trinajstić information content (AvgIpc) is 2.52. The Morgan fingerprint density at radius 2 is 1.82 bits per heavy atom. The molecule has 0 fully saturated rings. The van der Waals surface area contributed by atoms with Gasteiger partial charge in [0, 0.05) is 23.7 Å². The van der Waals surface area contributed by atoms with Crippen LogP contribution in [0.25, 0.3) is 0 Å². The first kappa shape index (κ1) is 15.7. The Bertz CT molecular complexity index is 682. The zero-order valence-corrected chi connectivity index (χ0v) is 12.6. The molecule has 114 valence electrons. The number of nitrogens with one attached hydrogen (secondary N) is 1. The van der Waals surface area contributed by atoms with Crippen LogP contribution in [0.2, 0.25) is 0 Å². The van der Waals surface area contributed by atoms with Gasteiger partial charge in [0.25, 0.3) is 5.69 Å². The normalized spacial score (nSPS) is 10.5. The van der Waals surface area contributed by atoms with E-state index in [-0.39, 0.29) is 11.5 Å². The van der Waals surface area contributed by atoms with E-state index in [1.165, 1.54) is 6.07 Å². The molecule has 2 aromatic rings. The molecule has 0 saturated heterocycles. The van der Waals surface area contributed by atoms with Crippen molar-refractivity contribution in [1.82, 2.24) is 0 Å². The fourth-order valence-electron chi connectivity index (χ4n) is 2.04. The second-order valence-electron chi connectivity index (χ2n) is 5.46. The van der Waals surface area contributed by atoms with Gasteiger partial charge in [-0.2, -0.15) is 0 Å². The average molecular weight is 298 g/mol. The number of nitro benzene ring substituents is 1. The van der Waals surface area contributed by atoms with Gasteiger partial charge < -0.3 is 5.32 Å². The third-order valence-electron chi connectivity index (χ3n) is 3.19. The molecule has 0 atom stereocenters. The van der Waals surface area contributed by atoms with Crippen LogP contribution in [0, 0.1) is 16.0 Å². The number of rotatable bonds is 6. The van der Waals surface area contributed by atoms with Gasteiger partial charge in [-0.1, -0.05) is 44.2 Å². The van der Waals surface area contributed by atoms with Crippen molar-refractivity contribution in [3.8, 4) is 0 Å². The Labute approximate surface area is 129 Å². The van der Waals surface area contributed by atoms with Crippen LogP contribution in [0.1, 0.15) is 29.8 Å².